The third kappa shape index (κ3) is 1.02. The van der Waals surface area contributed by atoms with Gasteiger partial charge in [-0.1, -0.05) is 11.6 Å². The predicted molar refractivity (Wildman–Crippen MR) is 45.6 cm³/mol. The van der Waals surface area contributed by atoms with Crippen LogP contribution in [-0.2, 0) is 11.3 Å². The fraction of sp³-hybridized carbons (Fsp3) is 0.125. The highest BCUT2D eigenvalue weighted by atomic mass is 35.5. The predicted octanol–water partition coefficient (Wildman–Crippen LogP) is 1.24. The minimum atomic E-state index is 0.394. The maximum absolute atomic E-state index is 10.5. The molecule has 3 nitrogen and oxygen atoms in total. The number of rotatable bonds is 1. The van der Waals surface area contributed by atoms with Crippen LogP contribution in [0.2, 0.25) is 5.15 Å². The number of nitrogens with zero attached hydrogens (tertiary/aromatic N) is 2. The summed E-state index contributed by atoms with van der Waals surface area (Å²) in [6.45, 7) is 0.535. The second kappa shape index (κ2) is 2.68. The molecule has 0 spiro atoms. The number of aldehydes is 1. The summed E-state index contributed by atoms with van der Waals surface area (Å²) in [4.78, 5) is 18.4. The van der Waals surface area contributed by atoms with Crippen LogP contribution in [-0.4, -0.2) is 17.0 Å². The van der Waals surface area contributed by atoms with Gasteiger partial charge in [0, 0.05) is 17.3 Å². The Bertz CT molecular complexity index is 373. The van der Waals surface area contributed by atoms with Crippen LogP contribution in [0, 0.1) is 0 Å². The van der Waals surface area contributed by atoms with E-state index in [1.807, 2.05) is 0 Å². The van der Waals surface area contributed by atoms with Gasteiger partial charge in [0.25, 0.3) is 0 Å². The second-order valence-electron chi connectivity index (χ2n) is 2.48. The first-order valence-corrected chi connectivity index (χ1v) is 3.83. The average molecular weight is 181 g/mol. The molecule has 0 atom stereocenters. The Morgan fingerprint density at radius 2 is 2.42 bits per heavy atom. The highest BCUT2D eigenvalue weighted by molar-refractivity contribution is 6.38. The Hall–Kier alpha value is -1.22. The molecular formula is C8H5ClN2O. The molecule has 2 heterocycles. The van der Waals surface area contributed by atoms with Gasteiger partial charge in [-0.2, -0.15) is 0 Å². The number of halogens is 1. The van der Waals surface area contributed by atoms with E-state index in [9.17, 15) is 4.79 Å². The largest absolute Gasteiger partial charge is 0.296 e. The number of pyridine rings is 1. The van der Waals surface area contributed by atoms with E-state index in [-0.39, 0.29) is 0 Å². The molecule has 0 bridgehead atoms. The number of fused-ring (bicyclic) bond motifs is 1. The van der Waals surface area contributed by atoms with Gasteiger partial charge in [-0.15, -0.1) is 0 Å². The first-order valence-electron chi connectivity index (χ1n) is 3.45. The summed E-state index contributed by atoms with van der Waals surface area (Å²) in [6.07, 6.45) is 2.39. The van der Waals surface area contributed by atoms with Crippen LogP contribution in [0.5, 0.6) is 0 Å². The number of hydrogen-bond donors (Lipinski definition) is 0. The van der Waals surface area contributed by atoms with Crippen molar-refractivity contribution in [2.45, 2.75) is 6.54 Å². The minimum Gasteiger partial charge on any atom is -0.296 e. The van der Waals surface area contributed by atoms with Crippen LogP contribution < -0.4 is 0 Å². The number of aromatic nitrogens is 1. The summed E-state index contributed by atoms with van der Waals surface area (Å²) in [7, 11) is 0. The lowest BCUT2D eigenvalue weighted by molar-refractivity contribution is -0.102. The van der Waals surface area contributed by atoms with Crippen molar-refractivity contribution in [1.29, 1.82) is 0 Å². The van der Waals surface area contributed by atoms with Crippen LogP contribution in [0.4, 0.5) is 0 Å². The molecular weight excluding hydrogens is 176 g/mol. The smallest absolute Gasteiger partial charge is 0.168 e. The average Bonchev–Trinajstić information content (AvgIpc) is 2.46. The Morgan fingerprint density at radius 3 is 3.17 bits per heavy atom. The molecule has 0 radical (unpaired) electrons. The van der Waals surface area contributed by atoms with E-state index in [0.717, 1.165) is 17.4 Å². The summed E-state index contributed by atoms with van der Waals surface area (Å²) >= 11 is 5.66. The molecule has 0 amide bonds. The lowest BCUT2D eigenvalue weighted by Gasteiger charge is -1.96. The van der Waals surface area contributed by atoms with E-state index in [2.05, 4.69) is 9.98 Å². The van der Waals surface area contributed by atoms with Crippen LogP contribution in [0.3, 0.4) is 0 Å². The molecule has 1 aliphatic rings. The molecule has 0 saturated heterocycles. The monoisotopic (exact) mass is 180 g/mol. The molecule has 0 N–H and O–H groups in total. The van der Waals surface area contributed by atoms with E-state index < -0.39 is 0 Å². The Kier molecular flexibility index (Phi) is 1.66. The van der Waals surface area contributed by atoms with Crippen molar-refractivity contribution >= 4 is 23.6 Å². The van der Waals surface area contributed by atoms with Crippen molar-refractivity contribution in [3.05, 3.63) is 28.5 Å². The molecule has 4 heteroatoms. The molecule has 0 unspecified atom stereocenters. The van der Waals surface area contributed by atoms with E-state index in [0.29, 0.717) is 17.4 Å². The van der Waals surface area contributed by atoms with Crippen LogP contribution in [0.25, 0.3) is 0 Å². The van der Waals surface area contributed by atoms with Crippen molar-refractivity contribution < 1.29 is 4.79 Å². The Morgan fingerprint density at radius 1 is 1.58 bits per heavy atom. The molecule has 1 aromatic rings. The zero-order chi connectivity index (χ0) is 8.55. The second-order valence-corrected chi connectivity index (χ2v) is 2.87. The molecule has 1 aromatic heterocycles. The molecule has 0 aromatic carbocycles. The van der Waals surface area contributed by atoms with E-state index in [1.54, 1.807) is 12.3 Å². The highest BCUT2D eigenvalue weighted by Crippen LogP contribution is 2.19. The number of carbonyl (C=O) groups is 1. The lowest BCUT2D eigenvalue weighted by atomic mass is 10.1. The van der Waals surface area contributed by atoms with Crippen molar-refractivity contribution in [2.75, 3.05) is 0 Å². The van der Waals surface area contributed by atoms with Crippen LogP contribution in [0.1, 0.15) is 11.1 Å². The molecule has 1 aliphatic heterocycles. The molecule has 0 fully saturated rings. The zero-order valence-corrected chi connectivity index (χ0v) is 6.88. The SMILES string of the molecule is O=CC1=NCc2cnc(Cl)cc21. The van der Waals surface area contributed by atoms with Gasteiger partial charge in [0.15, 0.2) is 6.29 Å². The summed E-state index contributed by atoms with van der Waals surface area (Å²) in [6, 6.07) is 1.66. The van der Waals surface area contributed by atoms with E-state index in [4.69, 9.17) is 11.6 Å². The summed E-state index contributed by atoms with van der Waals surface area (Å²) in [5.74, 6) is 0. The summed E-state index contributed by atoms with van der Waals surface area (Å²) < 4.78 is 0. The van der Waals surface area contributed by atoms with Crippen LogP contribution >= 0.6 is 11.6 Å². The first-order chi connectivity index (χ1) is 5.81. The maximum atomic E-state index is 10.5. The highest BCUT2D eigenvalue weighted by Gasteiger charge is 2.15. The third-order valence-corrected chi connectivity index (χ3v) is 1.97. The minimum absolute atomic E-state index is 0.394. The van der Waals surface area contributed by atoms with Crippen molar-refractivity contribution in [1.82, 2.24) is 4.98 Å². The first kappa shape index (κ1) is 7.43. The lowest BCUT2D eigenvalue weighted by Crippen LogP contribution is -1.99. The van der Waals surface area contributed by atoms with Crippen LogP contribution in [0.15, 0.2) is 17.3 Å². The van der Waals surface area contributed by atoms with Gasteiger partial charge in [-0.25, -0.2) is 4.98 Å². The summed E-state index contributed by atoms with van der Waals surface area (Å²) in [5.41, 5.74) is 2.24. The zero-order valence-electron chi connectivity index (χ0n) is 6.12. The number of aliphatic imine (C=N–C) groups is 1. The fourth-order valence-electron chi connectivity index (χ4n) is 1.18. The van der Waals surface area contributed by atoms with Gasteiger partial charge in [-0.3, -0.25) is 9.79 Å². The van der Waals surface area contributed by atoms with Gasteiger partial charge in [0.1, 0.15) is 10.9 Å². The third-order valence-electron chi connectivity index (χ3n) is 1.76. The standard InChI is InChI=1S/C8H5ClN2O/c9-8-1-6-5(3-11-8)2-10-7(6)4-12/h1,3-4H,2H2. The number of carbonyl (C=O) groups excluding carboxylic acids is 1. The molecule has 0 saturated carbocycles. The Labute approximate surface area is 74.1 Å². The van der Waals surface area contributed by atoms with Gasteiger partial charge >= 0.3 is 0 Å². The van der Waals surface area contributed by atoms with Gasteiger partial charge < -0.3 is 0 Å². The van der Waals surface area contributed by atoms with Crippen molar-refractivity contribution in [2.24, 2.45) is 4.99 Å². The molecule has 2 rings (SSSR count). The normalized spacial score (nSPS) is 13.9. The summed E-state index contributed by atoms with van der Waals surface area (Å²) in [5, 5.41) is 0.394. The molecule has 60 valence electrons. The van der Waals surface area contributed by atoms with Gasteiger partial charge in [0.2, 0.25) is 0 Å². The fourth-order valence-corrected chi connectivity index (χ4v) is 1.34. The van der Waals surface area contributed by atoms with Gasteiger partial charge in [-0.05, 0) is 6.07 Å². The van der Waals surface area contributed by atoms with E-state index in [1.165, 1.54) is 0 Å². The van der Waals surface area contributed by atoms with E-state index >= 15 is 0 Å². The molecule has 12 heavy (non-hydrogen) atoms. The Balaban J connectivity index is 2.57. The maximum Gasteiger partial charge on any atom is 0.168 e. The topological polar surface area (TPSA) is 42.3 Å². The van der Waals surface area contributed by atoms with Crippen molar-refractivity contribution in [3.8, 4) is 0 Å². The van der Waals surface area contributed by atoms with Gasteiger partial charge in [0.05, 0.1) is 6.54 Å². The van der Waals surface area contributed by atoms with Crippen molar-refractivity contribution in [3.63, 3.8) is 0 Å². The quantitative estimate of drug-likeness (QED) is 0.482. The molecule has 0 aliphatic carbocycles. The number of hydrogen-bond acceptors (Lipinski definition) is 3.